The molecule has 2 aliphatic rings. The van der Waals surface area contributed by atoms with E-state index in [9.17, 15) is 0 Å². The first-order chi connectivity index (χ1) is 5.55. The van der Waals surface area contributed by atoms with E-state index in [4.69, 9.17) is 5.11 Å². The van der Waals surface area contributed by atoms with Crippen LogP contribution in [0.2, 0.25) is 0 Å². The smallest absolute Gasteiger partial charge is 0.0613 e. The zero-order valence-electron chi connectivity index (χ0n) is 8.06. The molecule has 0 bridgehead atoms. The van der Waals surface area contributed by atoms with Gasteiger partial charge in [0.2, 0.25) is 0 Å². The van der Waals surface area contributed by atoms with Crippen molar-refractivity contribution in [3.8, 4) is 0 Å². The van der Waals surface area contributed by atoms with Gasteiger partial charge < -0.3 is 10.4 Å². The van der Waals surface area contributed by atoms with Crippen molar-refractivity contribution in [1.82, 2.24) is 5.32 Å². The predicted octanol–water partition coefficient (Wildman–Crippen LogP) is 1.29. The second kappa shape index (κ2) is 2.46. The maximum Gasteiger partial charge on any atom is 0.0613 e. The fourth-order valence-corrected chi connectivity index (χ4v) is 2.31. The molecule has 2 heteroatoms. The highest BCUT2D eigenvalue weighted by molar-refractivity contribution is 5.06. The third-order valence-electron chi connectivity index (χ3n) is 3.26. The second-order valence-corrected chi connectivity index (χ2v) is 5.35. The molecule has 2 N–H and O–H groups in total. The zero-order chi connectivity index (χ0) is 8.82. The summed E-state index contributed by atoms with van der Waals surface area (Å²) in [5.74, 6) is 0. The van der Waals surface area contributed by atoms with Crippen LogP contribution in [0.3, 0.4) is 0 Å². The Labute approximate surface area is 74.4 Å². The zero-order valence-corrected chi connectivity index (χ0v) is 8.06. The van der Waals surface area contributed by atoms with Crippen molar-refractivity contribution in [2.75, 3.05) is 6.61 Å². The molecule has 12 heavy (non-hydrogen) atoms. The highest BCUT2D eigenvalue weighted by Crippen LogP contribution is 2.44. The molecule has 0 atom stereocenters. The first kappa shape index (κ1) is 8.52. The molecular weight excluding hydrogens is 150 g/mol. The fraction of sp³-hybridized carbons (Fsp3) is 1.00. The van der Waals surface area contributed by atoms with Crippen LogP contribution < -0.4 is 5.32 Å². The Balaban J connectivity index is 1.76. The van der Waals surface area contributed by atoms with Gasteiger partial charge in [0.1, 0.15) is 0 Å². The molecule has 2 aliphatic carbocycles. The monoisotopic (exact) mass is 169 g/mol. The van der Waals surface area contributed by atoms with E-state index in [2.05, 4.69) is 19.2 Å². The minimum atomic E-state index is 0.140. The van der Waals surface area contributed by atoms with Crippen molar-refractivity contribution in [2.45, 2.75) is 51.1 Å². The predicted molar refractivity (Wildman–Crippen MR) is 49.0 cm³/mol. The van der Waals surface area contributed by atoms with Crippen molar-refractivity contribution in [3.05, 3.63) is 0 Å². The van der Waals surface area contributed by atoms with Gasteiger partial charge in [-0.3, -0.25) is 0 Å². The summed E-state index contributed by atoms with van der Waals surface area (Å²) in [6.45, 7) is 4.94. The van der Waals surface area contributed by atoms with Crippen molar-refractivity contribution in [2.24, 2.45) is 5.41 Å². The Kier molecular flexibility index (Phi) is 1.74. The highest BCUT2D eigenvalue weighted by Gasteiger charge is 2.47. The number of hydrogen-bond donors (Lipinski definition) is 2. The quantitative estimate of drug-likeness (QED) is 0.667. The normalized spacial score (nSPS) is 31.2. The molecule has 0 amide bonds. The van der Waals surface area contributed by atoms with E-state index in [0.29, 0.717) is 18.1 Å². The lowest BCUT2D eigenvalue weighted by Gasteiger charge is -2.44. The molecule has 2 rings (SSSR count). The van der Waals surface area contributed by atoms with Gasteiger partial charge >= 0.3 is 0 Å². The van der Waals surface area contributed by atoms with Gasteiger partial charge in [-0.2, -0.15) is 0 Å². The Hall–Kier alpha value is -0.0800. The lowest BCUT2D eigenvalue weighted by molar-refractivity contribution is 0.0983. The summed E-state index contributed by atoms with van der Waals surface area (Å²) in [6.07, 6.45) is 4.88. The number of rotatable bonds is 3. The van der Waals surface area contributed by atoms with Crippen LogP contribution in [-0.2, 0) is 0 Å². The maximum atomic E-state index is 9.09. The van der Waals surface area contributed by atoms with Crippen LogP contribution in [-0.4, -0.2) is 23.3 Å². The van der Waals surface area contributed by atoms with Crippen LogP contribution in [0.15, 0.2) is 0 Å². The molecule has 0 aromatic carbocycles. The van der Waals surface area contributed by atoms with Crippen molar-refractivity contribution in [1.29, 1.82) is 0 Å². The molecule has 2 nitrogen and oxygen atoms in total. The van der Waals surface area contributed by atoms with Crippen LogP contribution >= 0.6 is 0 Å². The molecule has 0 heterocycles. The molecule has 2 saturated carbocycles. The molecule has 0 aromatic heterocycles. The Morgan fingerprint density at radius 2 is 1.92 bits per heavy atom. The molecule has 0 unspecified atom stereocenters. The van der Waals surface area contributed by atoms with Crippen LogP contribution in [0.1, 0.15) is 39.5 Å². The van der Waals surface area contributed by atoms with Gasteiger partial charge in [0.05, 0.1) is 6.61 Å². The van der Waals surface area contributed by atoms with E-state index in [1.165, 1.54) is 25.7 Å². The summed E-state index contributed by atoms with van der Waals surface area (Å²) < 4.78 is 0. The topological polar surface area (TPSA) is 32.3 Å². The third-order valence-corrected chi connectivity index (χ3v) is 3.26. The van der Waals surface area contributed by atoms with Crippen molar-refractivity contribution < 1.29 is 5.11 Å². The molecule has 0 aliphatic heterocycles. The van der Waals surface area contributed by atoms with E-state index in [1.54, 1.807) is 0 Å². The van der Waals surface area contributed by atoms with Crippen LogP contribution in [0.25, 0.3) is 0 Å². The largest absolute Gasteiger partial charge is 0.394 e. The van der Waals surface area contributed by atoms with Gasteiger partial charge in [0.15, 0.2) is 0 Å². The van der Waals surface area contributed by atoms with Gasteiger partial charge in [-0.25, -0.2) is 0 Å². The van der Waals surface area contributed by atoms with E-state index < -0.39 is 0 Å². The summed E-state index contributed by atoms with van der Waals surface area (Å²) in [7, 11) is 0. The van der Waals surface area contributed by atoms with Gasteiger partial charge in [-0.05, 0) is 31.1 Å². The van der Waals surface area contributed by atoms with Crippen LogP contribution in [0.5, 0.6) is 0 Å². The van der Waals surface area contributed by atoms with E-state index in [1.807, 2.05) is 0 Å². The van der Waals surface area contributed by atoms with Gasteiger partial charge in [0, 0.05) is 11.6 Å². The summed E-state index contributed by atoms with van der Waals surface area (Å²) >= 11 is 0. The second-order valence-electron chi connectivity index (χ2n) is 5.35. The molecule has 70 valence electrons. The first-order valence-electron chi connectivity index (χ1n) is 4.94. The average molecular weight is 169 g/mol. The number of aliphatic hydroxyl groups excluding tert-OH is 1. The highest BCUT2D eigenvalue weighted by atomic mass is 16.3. The number of aliphatic hydroxyl groups is 1. The first-order valence-corrected chi connectivity index (χ1v) is 4.94. The molecular formula is C10H19NO. The maximum absolute atomic E-state index is 9.09. The van der Waals surface area contributed by atoms with E-state index >= 15 is 0 Å². The fourth-order valence-electron chi connectivity index (χ4n) is 2.31. The number of nitrogens with one attached hydrogen (secondary N) is 1. The van der Waals surface area contributed by atoms with Crippen molar-refractivity contribution in [3.63, 3.8) is 0 Å². The minimum Gasteiger partial charge on any atom is -0.394 e. The molecule has 0 saturated heterocycles. The van der Waals surface area contributed by atoms with Crippen LogP contribution in [0, 0.1) is 5.41 Å². The SMILES string of the molecule is CC1(C)CC(NC2(CO)CC2)C1. The molecule has 0 radical (unpaired) electrons. The third kappa shape index (κ3) is 1.50. The van der Waals surface area contributed by atoms with E-state index in [0.717, 1.165) is 0 Å². The summed E-state index contributed by atoms with van der Waals surface area (Å²) in [5, 5.41) is 12.7. The average Bonchev–Trinajstić information content (AvgIpc) is 2.66. The Morgan fingerprint density at radius 1 is 1.33 bits per heavy atom. The summed E-state index contributed by atoms with van der Waals surface area (Å²) in [6, 6.07) is 0.676. The summed E-state index contributed by atoms with van der Waals surface area (Å²) in [5.41, 5.74) is 0.685. The van der Waals surface area contributed by atoms with Gasteiger partial charge in [-0.1, -0.05) is 13.8 Å². The number of hydrogen-bond acceptors (Lipinski definition) is 2. The summed E-state index contributed by atoms with van der Waals surface area (Å²) in [4.78, 5) is 0. The lowest BCUT2D eigenvalue weighted by Crippen LogP contribution is -2.52. The van der Waals surface area contributed by atoms with Gasteiger partial charge in [0.25, 0.3) is 0 Å². The molecule has 0 aromatic rings. The Bertz CT molecular complexity index is 176. The van der Waals surface area contributed by atoms with Crippen LogP contribution in [0.4, 0.5) is 0 Å². The molecule has 0 spiro atoms. The minimum absolute atomic E-state index is 0.140. The van der Waals surface area contributed by atoms with Crippen molar-refractivity contribution >= 4 is 0 Å². The lowest BCUT2D eigenvalue weighted by atomic mass is 9.68. The standard InChI is InChI=1S/C10H19NO/c1-9(2)5-8(6-9)11-10(7-12)3-4-10/h8,11-12H,3-7H2,1-2H3. The van der Waals surface area contributed by atoms with Gasteiger partial charge in [-0.15, -0.1) is 0 Å². The molecule has 2 fully saturated rings. The van der Waals surface area contributed by atoms with E-state index in [-0.39, 0.29) is 5.54 Å². The Morgan fingerprint density at radius 3 is 2.25 bits per heavy atom.